The van der Waals surface area contributed by atoms with Gasteiger partial charge in [0.2, 0.25) is 5.91 Å². The minimum absolute atomic E-state index is 0.124. The Morgan fingerprint density at radius 1 is 1.21 bits per heavy atom. The van der Waals surface area contributed by atoms with Crippen LogP contribution < -0.4 is 10.7 Å². The molecule has 11 nitrogen and oxygen atoms in total. The zero-order valence-corrected chi connectivity index (χ0v) is 32.9. The van der Waals surface area contributed by atoms with Gasteiger partial charge in [-0.1, -0.05) is 40.7 Å². The smallest absolute Gasteiger partial charge is 0.324 e. The number of hydrazine groups is 1. The van der Waals surface area contributed by atoms with E-state index in [4.69, 9.17) is 19.4 Å². The van der Waals surface area contributed by atoms with Gasteiger partial charge in [-0.2, -0.15) is 0 Å². The number of esters is 1. The van der Waals surface area contributed by atoms with Gasteiger partial charge in [-0.3, -0.25) is 24.4 Å². The van der Waals surface area contributed by atoms with Crippen LogP contribution in [0, 0.1) is 22.7 Å². The van der Waals surface area contributed by atoms with Crippen molar-refractivity contribution >= 4 is 40.0 Å². The van der Waals surface area contributed by atoms with Crippen molar-refractivity contribution in [2.45, 2.75) is 98.9 Å². The number of amides is 2. The second-order valence-corrected chi connectivity index (χ2v) is 17.3. The molecule has 53 heavy (non-hydrogen) atoms. The van der Waals surface area contributed by atoms with E-state index in [1.807, 2.05) is 18.4 Å². The number of hydrogen-bond donors (Lipinski definition) is 2. The van der Waals surface area contributed by atoms with Gasteiger partial charge in [-0.25, -0.2) is 10.4 Å². The highest BCUT2D eigenvalue weighted by molar-refractivity contribution is 7.10. The summed E-state index contributed by atoms with van der Waals surface area (Å²) in [5, 5.41) is 8.46. The van der Waals surface area contributed by atoms with Crippen LogP contribution in [0.4, 0.5) is 0 Å². The molecule has 12 heteroatoms. The van der Waals surface area contributed by atoms with Gasteiger partial charge < -0.3 is 19.4 Å². The fraction of sp³-hybridized carbons (Fsp3) is 0.537. The van der Waals surface area contributed by atoms with E-state index in [1.54, 1.807) is 13.3 Å². The quantitative estimate of drug-likeness (QED) is 0.215. The summed E-state index contributed by atoms with van der Waals surface area (Å²) in [6.45, 7) is 16.0. The van der Waals surface area contributed by atoms with Gasteiger partial charge >= 0.3 is 5.97 Å². The van der Waals surface area contributed by atoms with Gasteiger partial charge in [0.25, 0.3) is 5.91 Å². The average Bonchev–Trinajstić information content (AvgIpc) is 3.44. The summed E-state index contributed by atoms with van der Waals surface area (Å²) in [6.07, 6.45) is 3.62. The molecule has 6 bridgehead atoms. The van der Waals surface area contributed by atoms with Crippen molar-refractivity contribution in [2.75, 3.05) is 20.3 Å². The first-order chi connectivity index (χ1) is 25.2. The van der Waals surface area contributed by atoms with Crippen LogP contribution in [0.15, 0.2) is 41.9 Å². The number of aromatic nitrogens is 3. The Balaban J connectivity index is 1.35. The van der Waals surface area contributed by atoms with Crippen LogP contribution in [0.3, 0.4) is 0 Å². The Kier molecular flexibility index (Phi) is 10.0. The molecule has 3 aromatic heterocycles. The summed E-state index contributed by atoms with van der Waals surface area (Å²) < 4.78 is 14.2. The van der Waals surface area contributed by atoms with Crippen LogP contribution in [-0.4, -0.2) is 69.7 Å². The van der Waals surface area contributed by atoms with Gasteiger partial charge in [-0.15, -0.1) is 11.3 Å². The maximum atomic E-state index is 14.2. The monoisotopic (exact) mass is 740 g/mol. The van der Waals surface area contributed by atoms with Crippen molar-refractivity contribution in [3.8, 4) is 22.5 Å². The Bertz CT molecular complexity index is 2050. The number of benzene rings is 1. The molecule has 0 spiro atoms. The Hall–Kier alpha value is -4.13. The predicted molar refractivity (Wildman–Crippen MR) is 206 cm³/mol. The number of nitrogens with zero attached hydrogens (tertiary/aromatic N) is 4. The largest absolute Gasteiger partial charge is 0.464 e. The topological polar surface area (TPSA) is 128 Å². The Morgan fingerprint density at radius 3 is 2.70 bits per heavy atom. The van der Waals surface area contributed by atoms with Crippen molar-refractivity contribution in [3.05, 3.63) is 58.2 Å². The maximum Gasteiger partial charge on any atom is 0.324 e. The van der Waals surface area contributed by atoms with E-state index in [-0.39, 0.29) is 48.2 Å². The first-order valence-electron chi connectivity index (χ1n) is 18.9. The van der Waals surface area contributed by atoms with Gasteiger partial charge in [-0.05, 0) is 74.3 Å². The SMILES string of the molecule is CCn1c(-c2cccnc2[C@H](C)OC)c2c3cc(ccc31)-c1csc(n1)C[C@H](NC(=O)[C@H]1[C@H](C)C1(C)C)C(=O)N1CCC[C@H](N1)C(=O)OCC(C)(C)C2. The van der Waals surface area contributed by atoms with E-state index in [0.717, 1.165) is 56.2 Å². The second kappa shape index (κ2) is 14.3. The van der Waals surface area contributed by atoms with E-state index < -0.39 is 23.5 Å². The lowest BCUT2D eigenvalue weighted by molar-refractivity contribution is -0.155. The summed E-state index contributed by atoms with van der Waals surface area (Å²) in [5.74, 6) is -0.747. The van der Waals surface area contributed by atoms with Crippen molar-refractivity contribution in [1.29, 1.82) is 0 Å². The molecular formula is C41H52N6O5S. The molecule has 2 N–H and O–H groups in total. The molecule has 1 saturated carbocycles. The lowest BCUT2D eigenvalue weighted by Crippen LogP contribution is -2.60. The normalized spacial score (nSPS) is 24.7. The molecule has 3 aliphatic rings. The number of aryl methyl sites for hydroxylation is 1. The molecule has 282 valence electrons. The highest BCUT2D eigenvalue weighted by Gasteiger charge is 2.59. The van der Waals surface area contributed by atoms with E-state index in [1.165, 1.54) is 16.3 Å². The molecule has 2 aliphatic heterocycles. The molecule has 1 aliphatic carbocycles. The number of carbonyl (C=O) groups is 3. The van der Waals surface area contributed by atoms with Crippen LogP contribution in [0.2, 0.25) is 0 Å². The Labute approximate surface area is 315 Å². The van der Waals surface area contributed by atoms with E-state index in [0.29, 0.717) is 25.8 Å². The van der Waals surface area contributed by atoms with Crippen LogP contribution in [-0.2, 0) is 43.2 Å². The summed E-state index contributed by atoms with van der Waals surface area (Å²) in [6, 6.07) is 9.03. The third kappa shape index (κ3) is 7.01. The number of nitrogens with one attached hydrogen (secondary N) is 2. The van der Waals surface area contributed by atoms with E-state index in [9.17, 15) is 14.4 Å². The van der Waals surface area contributed by atoms with Crippen LogP contribution in [0.1, 0.15) is 83.7 Å². The van der Waals surface area contributed by atoms with E-state index >= 15 is 0 Å². The first kappa shape index (κ1) is 37.2. The molecule has 1 saturated heterocycles. The van der Waals surface area contributed by atoms with Crippen molar-refractivity contribution in [1.82, 2.24) is 30.3 Å². The van der Waals surface area contributed by atoms with Crippen LogP contribution in [0.5, 0.6) is 0 Å². The Morgan fingerprint density at radius 2 is 1.98 bits per heavy atom. The number of rotatable bonds is 6. The number of thiazole rings is 1. The average molecular weight is 741 g/mol. The number of ether oxygens (including phenoxy) is 2. The zero-order valence-electron chi connectivity index (χ0n) is 32.1. The molecule has 1 aromatic carbocycles. The number of fused-ring (bicyclic) bond motifs is 6. The number of hydrogen-bond acceptors (Lipinski definition) is 9. The number of pyridine rings is 1. The maximum absolute atomic E-state index is 14.2. The summed E-state index contributed by atoms with van der Waals surface area (Å²) in [4.78, 5) is 51.2. The zero-order chi connectivity index (χ0) is 37.8. The van der Waals surface area contributed by atoms with Gasteiger partial charge in [0.15, 0.2) is 0 Å². The molecule has 0 radical (unpaired) electrons. The van der Waals surface area contributed by atoms with Crippen molar-refractivity contribution in [3.63, 3.8) is 0 Å². The minimum atomic E-state index is -0.844. The lowest BCUT2D eigenvalue weighted by atomic mass is 9.84. The third-order valence-corrected chi connectivity index (χ3v) is 12.7. The number of carbonyl (C=O) groups excluding carboxylic acids is 3. The lowest BCUT2D eigenvalue weighted by Gasteiger charge is -2.35. The molecule has 5 heterocycles. The molecule has 2 amide bonds. The highest BCUT2D eigenvalue weighted by Crippen LogP contribution is 2.57. The highest BCUT2D eigenvalue weighted by atomic mass is 32.1. The third-order valence-electron chi connectivity index (χ3n) is 11.8. The molecule has 2 fully saturated rings. The number of cyclic esters (lactones) is 1. The summed E-state index contributed by atoms with van der Waals surface area (Å²) in [5.41, 5.74) is 9.55. The first-order valence-corrected chi connectivity index (χ1v) is 19.7. The predicted octanol–water partition coefficient (Wildman–Crippen LogP) is 6.49. The van der Waals surface area contributed by atoms with E-state index in [2.05, 4.69) is 81.1 Å². The van der Waals surface area contributed by atoms with Gasteiger partial charge in [0, 0.05) is 71.6 Å². The van der Waals surface area contributed by atoms with Gasteiger partial charge in [0.05, 0.1) is 34.8 Å². The van der Waals surface area contributed by atoms with Crippen molar-refractivity contribution < 1.29 is 23.9 Å². The molecule has 5 atom stereocenters. The fourth-order valence-corrected chi connectivity index (χ4v) is 9.14. The van der Waals surface area contributed by atoms with Crippen LogP contribution in [0.25, 0.3) is 33.4 Å². The van der Waals surface area contributed by atoms with Crippen LogP contribution >= 0.6 is 11.3 Å². The molecular weight excluding hydrogens is 689 g/mol. The summed E-state index contributed by atoms with van der Waals surface area (Å²) >= 11 is 1.49. The standard InChI is InChI=1S/C41H52N6O5S/c1-9-46-32-15-14-25-18-27(32)28(36(46)26-12-10-16-42-35(26)24(3)51-8)20-40(4,5)22-52-39(50)29-13-11-17-47(45-29)38(49)30(19-33-43-31(25)21-53-33)44-37(48)34-23(2)41(34,6)7/h10,12,14-16,18,21,23-24,29-30,34,45H,9,11,13,17,19-20,22H2,1-8H3,(H,44,48)/t23-,24-,29-,30-,34+/m0/s1. The van der Waals surface area contributed by atoms with Gasteiger partial charge in [0.1, 0.15) is 12.1 Å². The fourth-order valence-electron chi connectivity index (χ4n) is 8.28. The molecule has 4 aromatic rings. The minimum Gasteiger partial charge on any atom is -0.464 e. The molecule has 7 rings (SSSR count). The van der Waals surface area contributed by atoms with Crippen molar-refractivity contribution in [2.24, 2.45) is 22.7 Å². The second-order valence-electron chi connectivity index (χ2n) is 16.4. The number of methoxy groups -OCH3 is 1. The molecule has 0 unspecified atom stereocenters. The summed E-state index contributed by atoms with van der Waals surface area (Å²) in [7, 11) is 1.70.